The van der Waals surface area contributed by atoms with Crippen molar-refractivity contribution in [2.75, 3.05) is 80.2 Å². The fourth-order valence-corrected chi connectivity index (χ4v) is 4.36. The van der Waals surface area contributed by atoms with E-state index in [1.807, 2.05) is 13.1 Å². The molecule has 2 aliphatic rings. The highest BCUT2D eigenvalue weighted by Crippen LogP contribution is 2.24. The zero-order chi connectivity index (χ0) is 22.1. The highest BCUT2D eigenvalue weighted by atomic mass is 127. The van der Waals surface area contributed by atoms with Gasteiger partial charge in [-0.05, 0) is 30.7 Å². The van der Waals surface area contributed by atoms with Gasteiger partial charge in [0.15, 0.2) is 5.96 Å². The van der Waals surface area contributed by atoms with Gasteiger partial charge in [0, 0.05) is 78.1 Å². The molecule has 2 fully saturated rings. The summed E-state index contributed by atoms with van der Waals surface area (Å²) in [5.41, 5.74) is 1.21. The summed E-state index contributed by atoms with van der Waals surface area (Å²) in [4.78, 5) is 11.9. The van der Waals surface area contributed by atoms with E-state index in [9.17, 15) is 0 Å². The van der Waals surface area contributed by atoms with Crippen molar-refractivity contribution in [3.05, 3.63) is 23.8 Å². The van der Waals surface area contributed by atoms with E-state index in [2.05, 4.69) is 49.4 Å². The van der Waals surface area contributed by atoms with Crippen LogP contribution in [-0.4, -0.2) is 107 Å². The molecule has 1 unspecified atom stereocenters. The molecule has 2 N–H and O–H groups in total. The van der Waals surface area contributed by atoms with E-state index >= 15 is 0 Å². The molecule has 32 heavy (non-hydrogen) atoms. The van der Waals surface area contributed by atoms with E-state index in [1.54, 1.807) is 14.2 Å². The van der Waals surface area contributed by atoms with Crippen LogP contribution in [0.4, 0.5) is 0 Å². The Bertz CT molecular complexity index is 689. The van der Waals surface area contributed by atoms with Crippen molar-refractivity contribution in [3.63, 3.8) is 0 Å². The monoisotopic (exact) mass is 560 g/mol. The summed E-state index contributed by atoms with van der Waals surface area (Å²) < 4.78 is 10.8. The first kappa shape index (κ1) is 26.9. The molecule has 8 nitrogen and oxygen atoms in total. The predicted octanol–water partition coefficient (Wildman–Crippen LogP) is 1.70. The van der Waals surface area contributed by atoms with Crippen molar-refractivity contribution in [3.8, 4) is 11.5 Å². The van der Waals surface area contributed by atoms with Gasteiger partial charge in [0.1, 0.15) is 11.5 Å². The van der Waals surface area contributed by atoms with Crippen LogP contribution in [-0.2, 0) is 6.54 Å². The highest BCUT2D eigenvalue weighted by molar-refractivity contribution is 14.0. The van der Waals surface area contributed by atoms with Crippen LogP contribution >= 0.6 is 24.0 Å². The molecule has 0 aromatic heterocycles. The summed E-state index contributed by atoms with van der Waals surface area (Å²) in [6.07, 6.45) is 1.11. The minimum atomic E-state index is 0. The Morgan fingerprint density at radius 3 is 2.25 bits per heavy atom. The summed E-state index contributed by atoms with van der Waals surface area (Å²) in [5, 5.41) is 7.10. The van der Waals surface area contributed by atoms with Gasteiger partial charge in [-0.2, -0.15) is 0 Å². The average Bonchev–Trinajstić information content (AvgIpc) is 3.25. The molecule has 0 aliphatic carbocycles. The number of nitrogens with one attached hydrogen (secondary N) is 2. The molecule has 0 radical (unpaired) electrons. The van der Waals surface area contributed by atoms with Crippen LogP contribution in [0, 0.1) is 0 Å². The molecule has 0 amide bonds. The lowest BCUT2D eigenvalue weighted by atomic mass is 10.2. The lowest BCUT2D eigenvalue weighted by Crippen LogP contribution is -2.50. The van der Waals surface area contributed by atoms with Crippen molar-refractivity contribution in [2.45, 2.75) is 25.9 Å². The lowest BCUT2D eigenvalue weighted by Gasteiger charge is -2.34. The number of hydrogen-bond donors (Lipinski definition) is 2. The molecule has 0 saturated carbocycles. The summed E-state index contributed by atoms with van der Waals surface area (Å²) in [7, 11) is 5.24. The van der Waals surface area contributed by atoms with Crippen LogP contribution in [0.5, 0.6) is 11.5 Å². The molecule has 3 rings (SSSR count). The molecule has 2 aliphatic heterocycles. The summed E-state index contributed by atoms with van der Waals surface area (Å²) in [6.45, 7) is 13.0. The van der Waals surface area contributed by atoms with Crippen molar-refractivity contribution in [1.82, 2.24) is 25.3 Å². The number of likely N-dealkylation sites (N-methyl/N-ethyl adjacent to an activating group) is 1. The first-order chi connectivity index (χ1) is 15.1. The Kier molecular flexibility index (Phi) is 11.8. The van der Waals surface area contributed by atoms with E-state index in [0.717, 1.165) is 76.2 Å². The Morgan fingerprint density at radius 2 is 1.66 bits per heavy atom. The molecule has 1 aromatic rings. The minimum absolute atomic E-state index is 0. The first-order valence-electron chi connectivity index (χ1n) is 11.5. The van der Waals surface area contributed by atoms with Gasteiger partial charge < -0.3 is 25.0 Å². The largest absolute Gasteiger partial charge is 0.497 e. The summed E-state index contributed by atoms with van der Waals surface area (Å²) in [5.74, 6) is 2.58. The number of likely N-dealkylation sites (tertiary alicyclic amines) is 1. The van der Waals surface area contributed by atoms with Crippen molar-refractivity contribution in [1.29, 1.82) is 0 Å². The standard InChI is InChI=1S/C23H40N6O2.HI/c1-5-27-10-12-28(13-11-27)9-7-25-23(24-2)26-20-6-8-29(18-20)17-19-14-21(30-3)16-22(15-19)31-4;/h14-16,20H,5-13,17-18H2,1-4H3,(H2,24,25,26);1H. The zero-order valence-corrected chi connectivity index (χ0v) is 22.4. The van der Waals surface area contributed by atoms with Crippen LogP contribution < -0.4 is 20.1 Å². The molecule has 0 bridgehead atoms. The van der Waals surface area contributed by atoms with Crippen molar-refractivity contribution in [2.24, 2.45) is 4.99 Å². The number of nitrogens with zero attached hydrogens (tertiary/aromatic N) is 4. The fourth-order valence-electron chi connectivity index (χ4n) is 4.36. The second-order valence-corrected chi connectivity index (χ2v) is 8.36. The molecule has 1 aromatic carbocycles. The third kappa shape index (κ3) is 8.24. The van der Waals surface area contributed by atoms with Gasteiger partial charge in [0.05, 0.1) is 14.2 Å². The molecular formula is C23H41IN6O2. The first-order valence-corrected chi connectivity index (χ1v) is 11.5. The van der Waals surface area contributed by atoms with E-state index in [4.69, 9.17) is 9.47 Å². The maximum atomic E-state index is 5.40. The highest BCUT2D eigenvalue weighted by Gasteiger charge is 2.23. The maximum Gasteiger partial charge on any atom is 0.191 e. The number of methoxy groups -OCH3 is 2. The van der Waals surface area contributed by atoms with Crippen LogP contribution in [0.3, 0.4) is 0 Å². The lowest BCUT2D eigenvalue weighted by molar-refractivity contribution is 0.139. The molecule has 2 saturated heterocycles. The number of rotatable bonds is 9. The smallest absolute Gasteiger partial charge is 0.191 e. The number of benzene rings is 1. The van der Waals surface area contributed by atoms with Crippen LogP contribution in [0.15, 0.2) is 23.2 Å². The van der Waals surface area contributed by atoms with Crippen LogP contribution in [0.2, 0.25) is 0 Å². The van der Waals surface area contributed by atoms with Gasteiger partial charge in [0.2, 0.25) is 0 Å². The van der Waals surface area contributed by atoms with Crippen LogP contribution in [0.25, 0.3) is 0 Å². The molecule has 2 heterocycles. The van der Waals surface area contributed by atoms with E-state index in [0.29, 0.717) is 6.04 Å². The van der Waals surface area contributed by atoms with E-state index < -0.39 is 0 Å². The molecular weight excluding hydrogens is 519 g/mol. The Labute approximate surface area is 210 Å². The molecule has 0 spiro atoms. The second-order valence-electron chi connectivity index (χ2n) is 8.36. The average molecular weight is 561 g/mol. The molecule has 9 heteroatoms. The minimum Gasteiger partial charge on any atom is -0.497 e. The molecule has 182 valence electrons. The quantitative estimate of drug-likeness (QED) is 0.271. The van der Waals surface area contributed by atoms with Gasteiger partial charge in [-0.15, -0.1) is 24.0 Å². The van der Waals surface area contributed by atoms with Gasteiger partial charge in [-0.3, -0.25) is 14.8 Å². The Hall–Kier alpha value is -1.30. The summed E-state index contributed by atoms with van der Waals surface area (Å²) in [6, 6.07) is 6.50. The third-order valence-corrected chi connectivity index (χ3v) is 6.29. The van der Waals surface area contributed by atoms with Gasteiger partial charge in [0.25, 0.3) is 0 Å². The SMILES string of the molecule is CCN1CCN(CCNC(=NC)NC2CCN(Cc3cc(OC)cc(OC)c3)C2)CC1.I. The second kappa shape index (κ2) is 14.1. The zero-order valence-electron chi connectivity index (χ0n) is 20.1. The topological polar surface area (TPSA) is 64.6 Å². The maximum absolute atomic E-state index is 5.40. The summed E-state index contributed by atoms with van der Waals surface area (Å²) >= 11 is 0. The number of aliphatic imine (C=N–C) groups is 1. The number of piperazine rings is 1. The fraction of sp³-hybridized carbons (Fsp3) is 0.696. The van der Waals surface area contributed by atoms with E-state index in [1.165, 1.54) is 18.7 Å². The normalized spacial score (nSPS) is 20.6. The van der Waals surface area contributed by atoms with Gasteiger partial charge >= 0.3 is 0 Å². The van der Waals surface area contributed by atoms with Crippen molar-refractivity contribution >= 4 is 29.9 Å². The molecule has 1 atom stereocenters. The van der Waals surface area contributed by atoms with Crippen molar-refractivity contribution < 1.29 is 9.47 Å². The number of ether oxygens (including phenoxy) is 2. The Morgan fingerprint density at radius 1 is 1.00 bits per heavy atom. The number of guanidine groups is 1. The number of hydrogen-bond acceptors (Lipinski definition) is 6. The van der Waals surface area contributed by atoms with E-state index in [-0.39, 0.29) is 24.0 Å². The van der Waals surface area contributed by atoms with Gasteiger partial charge in [-0.25, -0.2) is 0 Å². The predicted molar refractivity (Wildman–Crippen MR) is 142 cm³/mol. The Balaban J connectivity index is 0.00000363. The van der Waals surface area contributed by atoms with Gasteiger partial charge in [-0.1, -0.05) is 6.92 Å². The third-order valence-electron chi connectivity index (χ3n) is 6.29. The van der Waals surface area contributed by atoms with Crippen LogP contribution in [0.1, 0.15) is 18.9 Å². The number of halogens is 1.